The fraction of sp³-hybridized carbons (Fsp3) is 0.333. The van der Waals surface area contributed by atoms with Crippen LogP contribution in [0.5, 0.6) is 11.5 Å². The van der Waals surface area contributed by atoms with E-state index >= 15 is 0 Å². The molecular weight excluding hydrogens is 342 g/mol. The van der Waals surface area contributed by atoms with Crippen molar-refractivity contribution < 1.29 is 23.0 Å². The number of rotatable bonds is 6. The van der Waals surface area contributed by atoms with Gasteiger partial charge in [0, 0.05) is 6.54 Å². The van der Waals surface area contributed by atoms with E-state index in [1.165, 1.54) is 0 Å². The number of sulfonamides is 1. The summed E-state index contributed by atoms with van der Waals surface area (Å²) in [6, 6.07) is 12.4. The van der Waals surface area contributed by atoms with Gasteiger partial charge in [-0.25, -0.2) is 13.1 Å². The summed E-state index contributed by atoms with van der Waals surface area (Å²) >= 11 is 0. The molecule has 2 N–H and O–H groups in total. The maximum atomic E-state index is 12.3. The molecule has 7 heteroatoms. The minimum absolute atomic E-state index is 0.133. The quantitative estimate of drug-likeness (QED) is 0.821. The number of hydrogen-bond donors (Lipinski definition) is 2. The van der Waals surface area contributed by atoms with Crippen molar-refractivity contribution in [1.82, 2.24) is 4.72 Å². The first-order valence-corrected chi connectivity index (χ1v) is 9.56. The van der Waals surface area contributed by atoms with Gasteiger partial charge in [-0.1, -0.05) is 35.9 Å². The first-order chi connectivity index (χ1) is 11.8. The Balaban J connectivity index is 1.68. The van der Waals surface area contributed by atoms with Crippen LogP contribution in [-0.2, 0) is 21.4 Å². The van der Waals surface area contributed by atoms with E-state index < -0.39 is 15.6 Å². The van der Waals surface area contributed by atoms with Gasteiger partial charge in [0.15, 0.2) is 11.5 Å². The second-order valence-corrected chi connectivity index (χ2v) is 8.22. The van der Waals surface area contributed by atoms with Crippen LogP contribution in [0.2, 0.25) is 0 Å². The number of fused-ring (bicyclic) bond motifs is 1. The van der Waals surface area contributed by atoms with Gasteiger partial charge in [-0.05, 0) is 37.1 Å². The second kappa shape index (κ2) is 6.67. The minimum Gasteiger partial charge on any atom is -0.454 e. The molecule has 25 heavy (non-hydrogen) atoms. The highest BCUT2D eigenvalue weighted by Crippen LogP contribution is 2.35. The Kier molecular flexibility index (Phi) is 4.73. The molecule has 1 heterocycles. The predicted octanol–water partition coefficient (Wildman–Crippen LogP) is 2.05. The average Bonchev–Trinajstić information content (AvgIpc) is 3.00. The van der Waals surface area contributed by atoms with Crippen molar-refractivity contribution in [2.75, 3.05) is 13.3 Å². The highest BCUT2D eigenvalue weighted by molar-refractivity contribution is 7.88. The molecule has 2 aromatic rings. The Morgan fingerprint density at radius 2 is 1.92 bits per heavy atom. The van der Waals surface area contributed by atoms with Crippen LogP contribution in [-0.4, -0.2) is 26.9 Å². The van der Waals surface area contributed by atoms with Crippen molar-refractivity contribution in [2.24, 2.45) is 0 Å². The lowest BCUT2D eigenvalue weighted by atomic mass is 9.96. The van der Waals surface area contributed by atoms with Crippen molar-refractivity contribution in [3.63, 3.8) is 0 Å². The molecule has 0 saturated heterocycles. The Labute approximate surface area is 147 Å². The molecule has 134 valence electrons. The third kappa shape index (κ3) is 4.31. The van der Waals surface area contributed by atoms with Crippen LogP contribution in [0.4, 0.5) is 0 Å². The van der Waals surface area contributed by atoms with Gasteiger partial charge in [-0.3, -0.25) is 0 Å². The van der Waals surface area contributed by atoms with Gasteiger partial charge < -0.3 is 14.6 Å². The molecular formula is C18H21NO5S. The summed E-state index contributed by atoms with van der Waals surface area (Å²) < 4.78 is 37.6. The lowest BCUT2D eigenvalue weighted by Gasteiger charge is -2.24. The van der Waals surface area contributed by atoms with Crippen molar-refractivity contribution in [3.05, 3.63) is 59.2 Å². The predicted molar refractivity (Wildman–Crippen MR) is 93.9 cm³/mol. The molecule has 1 atom stereocenters. The van der Waals surface area contributed by atoms with Gasteiger partial charge in [0.1, 0.15) is 5.60 Å². The van der Waals surface area contributed by atoms with E-state index in [1.54, 1.807) is 31.2 Å². The van der Waals surface area contributed by atoms with Gasteiger partial charge in [0.25, 0.3) is 0 Å². The smallest absolute Gasteiger partial charge is 0.231 e. The number of aryl methyl sites for hydroxylation is 1. The lowest BCUT2D eigenvalue weighted by Crippen LogP contribution is -2.39. The zero-order valence-electron chi connectivity index (χ0n) is 14.2. The largest absolute Gasteiger partial charge is 0.454 e. The molecule has 0 bridgehead atoms. The molecule has 3 rings (SSSR count). The van der Waals surface area contributed by atoms with Gasteiger partial charge in [0.05, 0.1) is 5.75 Å². The maximum absolute atomic E-state index is 12.3. The monoisotopic (exact) mass is 363 g/mol. The molecule has 1 aliphatic heterocycles. The lowest BCUT2D eigenvalue weighted by molar-refractivity contribution is 0.0625. The molecule has 0 aliphatic carbocycles. The highest BCUT2D eigenvalue weighted by atomic mass is 32.2. The summed E-state index contributed by atoms with van der Waals surface area (Å²) in [5.41, 5.74) is 0.881. The number of benzene rings is 2. The summed E-state index contributed by atoms with van der Waals surface area (Å²) in [5.74, 6) is 1.02. The Morgan fingerprint density at radius 1 is 1.16 bits per heavy atom. The summed E-state index contributed by atoms with van der Waals surface area (Å²) in [4.78, 5) is 0. The van der Waals surface area contributed by atoms with Crippen LogP contribution in [0.25, 0.3) is 0 Å². The normalized spacial score (nSPS) is 15.8. The van der Waals surface area contributed by atoms with Crippen LogP contribution in [0.15, 0.2) is 42.5 Å². The third-order valence-electron chi connectivity index (χ3n) is 4.07. The molecule has 1 unspecified atom stereocenters. The van der Waals surface area contributed by atoms with Crippen LogP contribution in [0.3, 0.4) is 0 Å². The number of nitrogens with one attached hydrogen (secondary N) is 1. The fourth-order valence-electron chi connectivity index (χ4n) is 2.66. The molecule has 0 amide bonds. The molecule has 0 radical (unpaired) electrons. The van der Waals surface area contributed by atoms with Crippen LogP contribution < -0.4 is 14.2 Å². The van der Waals surface area contributed by atoms with E-state index in [1.807, 2.05) is 25.1 Å². The first kappa shape index (κ1) is 17.7. The topological polar surface area (TPSA) is 84.9 Å². The van der Waals surface area contributed by atoms with E-state index in [4.69, 9.17) is 9.47 Å². The molecule has 0 saturated carbocycles. The number of aliphatic hydroxyl groups is 1. The molecule has 2 aromatic carbocycles. The van der Waals surface area contributed by atoms with Gasteiger partial charge in [-0.2, -0.15) is 0 Å². The highest BCUT2D eigenvalue weighted by Gasteiger charge is 2.28. The number of ether oxygens (including phenoxy) is 2. The second-order valence-electron chi connectivity index (χ2n) is 6.41. The van der Waals surface area contributed by atoms with Crippen molar-refractivity contribution in [3.8, 4) is 11.5 Å². The van der Waals surface area contributed by atoms with E-state index in [0.29, 0.717) is 22.6 Å². The summed E-state index contributed by atoms with van der Waals surface area (Å²) in [7, 11) is -3.57. The summed E-state index contributed by atoms with van der Waals surface area (Å²) in [6.45, 7) is 3.47. The van der Waals surface area contributed by atoms with Crippen molar-refractivity contribution in [1.29, 1.82) is 0 Å². The standard InChI is InChI=1S/C18H21NO5S/c1-13-4-3-5-14(8-13)10-25(21,22)19-11-18(2,20)15-6-7-16-17(9-15)24-12-23-16/h3-9,19-20H,10-12H2,1-2H3. The fourth-order valence-corrected chi connectivity index (χ4v) is 3.88. The van der Waals surface area contributed by atoms with Crippen LogP contribution in [0.1, 0.15) is 23.6 Å². The Morgan fingerprint density at radius 3 is 2.68 bits per heavy atom. The molecule has 6 nitrogen and oxygen atoms in total. The van der Waals surface area contributed by atoms with Gasteiger partial charge in [0.2, 0.25) is 16.8 Å². The van der Waals surface area contributed by atoms with Crippen molar-refractivity contribution in [2.45, 2.75) is 25.2 Å². The Hall–Kier alpha value is -2.09. The average molecular weight is 363 g/mol. The first-order valence-electron chi connectivity index (χ1n) is 7.91. The van der Waals surface area contributed by atoms with Gasteiger partial charge in [-0.15, -0.1) is 0 Å². The van der Waals surface area contributed by atoms with E-state index in [0.717, 1.165) is 5.56 Å². The molecule has 0 spiro atoms. The van der Waals surface area contributed by atoms with Crippen LogP contribution in [0, 0.1) is 6.92 Å². The van der Waals surface area contributed by atoms with Gasteiger partial charge >= 0.3 is 0 Å². The molecule has 0 aromatic heterocycles. The summed E-state index contributed by atoms with van der Waals surface area (Å²) in [6.07, 6.45) is 0. The molecule has 1 aliphatic rings. The summed E-state index contributed by atoms with van der Waals surface area (Å²) in [5, 5.41) is 10.7. The Bertz CT molecular complexity index is 877. The maximum Gasteiger partial charge on any atom is 0.231 e. The van der Waals surface area contributed by atoms with Crippen LogP contribution >= 0.6 is 0 Å². The molecule has 0 fully saturated rings. The van der Waals surface area contributed by atoms with E-state index in [2.05, 4.69) is 4.72 Å². The third-order valence-corrected chi connectivity index (χ3v) is 5.37. The zero-order chi connectivity index (χ0) is 18.1. The van der Waals surface area contributed by atoms with E-state index in [9.17, 15) is 13.5 Å². The van der Waals surface area contributed by atoms with E-state index in [-0.39, 0.29) is 19.1 Å². The van der Waals surface area contributed by atoms with Crippen molar-refractivity contribution >= 4 is 10.0 Å². The number of hydrogen-bond acceptors (Lipinski definition) is 5. The zero-order valence-corrected chi connectivity index (χ0v) is 15.0. The minimum atomic E-state index is -3.57. The SMILES string of the molecule is Cc1cccc(CS(=O)(=O)NCC(C)(O)c2ccc3c(c2)OCO3)c1.